The molecule has 1 saturated heterocycles. The van der Waals surface area contributed by atoms with Gasteiger partial charge >= 0.3 is 0 Å². The molecule has 1 heterocycles. The van der Waals surface area contributed by atoms with Crippen LogP contribution in [0.3, 0.4) is 0 Å². The van der Waals surface area contributed by atoms with Gasteiger partial charge in [-0.2, -0.15) is 0 Å². The molecular weight excluding hydrogens is 288 g/mol. The molecule has 0 atom stereocenters. The first-order valence-electron chi connectivity index (χ1n) is 7.45. The van der Waals surface area contributed by atoms with E-state index in [4.69, 9.17) is 4.84 Å². The Balaban J connectivity index is 1.83. The van der Waals surface area contributed by atoms with Gasteiger partial charge in [-0.25, -0.2) is 8.42 Å². The van der Waals surface area contributed by atoms with Crippen molar-refractivity contribution >= 4 is 10.0 Å². The summed E-state index contributed by atoms with van der Waals surface area (Å²) in [6.07, 6.45) is 2.43. The van der Waals surface area contributed by atoms with Crippen LogP contribution in [0.2, 0.25) is 0 Å². The van der Waals surface area contributed by atoms with Crippen LogP contribution in [0.15, 0.2) is 29.2 Å². The molecule has 1 aromatic carbocycles. The quantitative estimate of drug-likeness (QED) is 0.619. The van der Waals surface area contributed by atoms with Crippen molar-refractivity contribution in [2.75, 3.05) is 26.2 Å². The number of hydrogen-bond donors (Lipinski definition) is 1. The molecule has 1 aromatic rings. The highest BCUT2D eigenvalue weighted by Crippen LogP contribution is 2.17. The maximum Gasteiger partial charge on any atom is 0.262 e. The molecule has 118 valence electrons. The Kier molecular flexibility index (Phi) is 5.75. The molecule has 0 amide bonds. The molecule has 0 unspecified atom stereocenters. The highest BCUT2D eigenvalue weighted by atomic mass is 32.2. The van der Waals surface area contributed by atoms with Gasteiger partial charge in [-0.15, -0.1) is 0 Å². The molecule has 1 N–H and O–H groups in total. The third-order valence-corrected chi connectivity index (χ3v) is 4.96. The van der Waals surface area contributed by atoms with Gasteiger partial charge in [0.05, 0.1) is 11.5 Å². The summed E-state index contributed by atoms with van der Waals surface area (Å²) < 4.78 is 24.1. The van der Waals surface area contributed by atoms with Gasteiger partial charge in [0.25, 0.3) is 10.0 Å². The molecule has 0 spiro atoms. The van der Waals surface area contributed by atoms with Crippen LogP contribution in [-0.4, -0.2) is 39.6 Å². The number of sulfonamides is 1. The Labute approximate surface area is 127 Å². The smallest absolute Gasteiger partial charge is 0.262 e. The predicted octanol–water partition coefficient (Wildman–Crippen LogP) is 2.12. The van der Waals surface area contributed by atoms with E-state index < -0.39 is 10.0 Å². The van der Waals surface area contributed by atoms with Crippen molar-refractivity contribution in [3.63, 3.8) is 0 Å². The van der Waals surface area contributed by atoms with E-state index in [0.717, 1.165) is 25.2 Å². The third kappa shape index (κ3) is 4.78. The normalized spacial score (nSPS) is 16.7. The molecule has 0 radical (unpaired) electrons. The van der Waals surface area contributed by atoms with E-state index >= 15 is 0 Å². The zero-order valence-corrected chi connectivity index (χ0v) is 13.5. The minimum atomic E-state index is -3.59. The van der Waals surface area contributed by atoms with Gasteiger partial charge in [0.1, 0.15) is 0 Å². The van der Waals surface area contributed by atoms with Gasteiger partial charge in [0, 0.05) is 6.54 Å². The zero-order valence-electron chi connectivity index (χ0n) is 12.7. The molecule has 2 rings (SSSR count). The van der Waals surface area contributed by atoms with Gasteiger partial charge in [0.15, 0.2) is 0 Å². The topological polar surface area (TPSA) is 58.6 Å². The lowest BCUT2D eigenvalue weighted by Crippen LogP contribution is -2.30. The average Bonchev–Trinajstić information content (AvgIpc) is 2.97. The molecule has 5 nitrogen and oxygen atoms in total. The zero-order chi connectivity index (χ0) is 15.3. The Morgan fingerprint density at radius 1 is 1.19 bits per heavy atom. The Hall–Kier alpha value is -0.950. The maximum absolute atomic E-state index is 12.1. The highest BCUT2D eigenvalue weighted by Gasteiger charge is 2.15. The van der Waals surface area contributed by atoms with Crippen molar-refractivity contribution in [3.8, 4) is 0 Å². The number of nitrogens with one attached hydrogen (secondary N) is 1. The summed E-state index contributed by atoms with van der Waals surface area (Å²) in [6, 6.07) is 6.90. The second-order valence-electron chi connectivity index (χ2n) is 5.71. The van der Waals surface area contributed by atoms with Gasteiger partial charge in [0.2, 0.25) is 0 Å². The lowest BCUT2D eigenvalue weighted by molar-refractivity contribution is 0.0756. The molecule has 21 heavy (non-hydrogen) atoms. The molecule has 0 aliphatic carbocycles. The predicted molar refractivity (Wildman–Crippen MR) is 82.5 cm³/mol. The van der Waals surface area contributed by atoms with E-state index in [1.807, 2.05) is 12.1 Å². The minimum absolute atomic E-state index is 0.230. The average molecular weight is 312 g/mol. The lowest BCUT2D eigenvalue weighted by atomic mass is 10.0. The molecule has 0 saturated carbocycles. The fourth-order valence-corrected chi connectivity index (χ4v) is 3.21. The van der Waals surface area contributed by atoms with Gasteiger partial charge in [-0.1, -0.05) is 30.9 Å². The standard InChI is InChI=1S/C15H24N2O3S/c1-13(2)14-5-7-15(8-6-14)21(18,19)16-20-12-11-17-9-3-4-10-17/h5-8,13,16H,3-4,9-12H2,1-2H3. The van der Waals surface area contributed by atoms with Crippen molar-refractivity contribution in [2.24, 2.45) is 0 Å². The SMILES string of the molecule is CC(C)c1ccc(S(=O)(=O)NOCCN2CCCC2)cc1. The summed E-state index contributed by atoms with van der Waals surface area (Å²) >= 11 is 0. The van der Waals surface area contributed by atoms with Crippen LogP contribution in [0, 0.1) is 0 Å². The summed E-state index contributed by atoms with van der Waals surface area (Å²) in [5, 5.41) is 0. The van der Waals surface area contributed by atoms with Crippen LogP contribution in [0.4, 0.5) is 0 Å². The van der Waals surface area contributed by atoms with Crippen molar-refractivity contribution in [2.45, 2.75) is 37.5 Å². The number of hydrogen-bond acceptors (Lipinski definition) is 4. The lowest BCUT2D eigenvalue weighted by Gasteiger charge is -2.14. The first-order valence-corrected chi connectivity index (χ1v) is 8.93. The first kappa shape index (κ1) is 16.4. The summed E-state index contributed by atoms with van der Waals surface area (Å²) in [7, 11) is -3.59. The summed E-state index contributed by atoms with van der Waals surface area (Å²) in [5.41, 5.74) is 1.11. The first-order chi connectivity index (χ1) is 9.99. The van der Waals surface area contributed by atoms with Crippen LogP contribution in [0.25, 0.3) is 0 Å². The largest absolute Gasteiger partial charge is 0.301 e. The Bertz CT molecular complexity index is 535. The van der Waals surface area contributed by atoms with Crippen LogP contribution in [-0.2, 0) is 14.9 Å². The molecule has 0 bridgehead atoms. The van der Waals surface area contributed by atoms with Crippen molar-refractivity contribution in [1.82, 2.24) is 9.79 Å². The molecular formula is C15H24N2O3S. The maximum atomic E-state index is 12.1. The number of rotatable bonds is 7. The van der Waals surface area contributed by atoms with Crippen LogP contribution in [0.5, 0.6) is 0 Å². The van der Waals surface area contributed by atoms with E-state index in [0.29, 0.717) is 12.5 Å². The van der Waals surface area contributed by atoms with E-state index in [1.165, 1.54) is 12.8 Å². The fourth-order valence-electron chi connectivity index (χ4n) is 2.38. The van der Waals surface area contributed by atoms with Gasteiger partial charge in [-0.05, 0) is 49.5 Å². The second kappa shape index (κ2) is 7.35. The van der Waals surface area contributed by atoms with Crippen molar-refractivity contribution in [3.05, 3.63) is 29.8 Å². The molecule has 6 heteroatoms. The summed E-state index contributed by atoms with van der Waals surface area (Å²) in [4.78, 5) is 9.81. The third-order valence-electron chi connectivity index (χ3n) is 3.73. The summed E-state index contributed by atoms with van der Waals surface area (Å²) in [6.45, 7) is 7.42. The van der Waals surface area contributed by atoms with Crippen molar-refractivity contribution in [1.29, 1.82) is 0 Å². The van der Waals surface area contributed by atoms with E-state index in [1.54, 1.807) is 12.1 Å². The summed E-state index contributed by atoms with van der Waals surface area (Å²) in [5.74, 6) is 0.381. The van der Waals surface area contributed by atoms with Crippen LogP contribution < -0.4 is 4.89 Å². The van der Waals surface area contributed by atoms with Crippen LogP contribution in [0.1, 0.15) is 38.2 Å². The van der Waals surface area contributed by atoms with E-state index in [-0.39, 0.29) is 4.90 Å². The second-order valence-corrected chi connectivity index (χ2v) is 7.35. The van der Waals surface area contributed by atoms with Crippen molar-refractivity contribution < 1.29 is 13.3 Å². The van der Waals surface area contributed by atoms with E-state index in [9.17, 15) is 8.42 Å². The monoisotopic (exact) mass is 312 g/mol. The highest BCUT2D eigenvalue weighted by molar-refractivity contribution is 7.89. The van der Waals surface area contributed by atoms with E-state index in [2.05, 4.69) is 23.6 Å². The Morgan fingerprint density at radius 3 is 2.38 bits per heavy atom. The fraction of sp³-hybridized carbons (Fsp3) is 0.600. The Morgan fingerprint density at radius 2 is 1.81 bits per heavy atom. The number of likely N-dealkylation sites (tertiary alicyclic amines) is 1. The molecule has 1 aliphatic heterocycles. The van der Waals surface area contributed by atoms with Gasteiger partial charge < -0.3 is 4.90 Å². The molecule has 1 fully saturated rings. The van der Waals surface area contributed by atoms with Crippen LogP contribution >= 0.6 is 0 Å². The molecule has 0 aromatic heterocycles. The number of benzene rings is 1. The van der Waals surface area contributed by atoms with Gasteiger partial charge in [-0.3, -0.25) is 4.84 Å². The molecule has 1 aliphatic rings. The minimum Gasteiger partial charge on any atom is -0.301 e. The number of nitrogens with zero attached hydrogens (tertiary/aromatic N) is 1.